The third-order valence-corrected chi connectivity index (χ3v) is 4.76. The first kappa shape index (κ1) is 15.7. The minimum Gasteiger partial charge on any atom is -0.480 e. The minimum absolute atomic E-state index is 0.405. The Hall–Kier alpha value is -1.73. The van der Waals surface area contributed by atoms with Gasteiger partial charge in [0.25, 0.3) is 0 Å². The fraction of sp³-hybridized carbons (Fsp3) is 0.429. The number of aliphatic carboxylic acids is 1. The molecule has 0 saturated carbocycles. The zero-order chi connectivity index (χ0) is 15.6. The molecule has 0 radical (unpaired) electrons. The fourth-order valence-corrected chi connectivity index (χ4v) is 3.09. The predicted molar refractivity (Wildman–Crippen MR) is 82.6 cm³/mol. The lowest BCUT2D eigenvalue weighted by atomic mass is 10.1. The zero-order valence-electron chi connectivity index (χ0n) is 11.9. The van der Waals surface area contributed by atoms with E-state index in [1.165, 1.54) is 11.8 Å². The van der Waals surface area contributed by atoms with Crippen LogP contribution in [0, 0.1) is 0 Å². The van der Waals surface area contributed by atoms with Crippen molar-refractivity contribution in [2.45, 2.75) is 31.2 Å². The van der Waals surface area contributed by atoms with E-state index in [2.05, 4.69) is 0 Å². The number of para-hydroxylation sites is 2. The van der Waals surface area contributed by atoms with Gasteiger partial charge in [-0.25, -0.2) is 4.79 Å². The summed E-state index contributed by atoms with van der Waals surface area (Å²) in [5.74, 6) is -0.868. The van der Waals surface area contributed by atoms with Gasteiger partial charge in [-0.3, -0.25) is 9.36 Å². The largest absolute Gasteiger partial charge is 0.480 e. The third-order valence-electron chi connectivity index (χ3n) is 3.38. The lowest BCUT2D eigenvalue weighted by Gasteiger charge is -2.27. The smallest absolute Gasteiger partial charge is 0.419 e. The van der Waals surface area contributed by atoms with Crippen molar-refractivity contribution in [3.8, 4) is 0 Å². The fourth-order valence-electron chi connectivity index (χ4n) is 2.01. The van der Waals surface area contributed by atoms with Crippen LogP contribution < -0.4 is 11.5 Å². The van der Waals surface area contributed by atoms with E-state index in [1.54, 1.807) is 30.5 Å². The molecule has 114 valence electrons. The molecular weight excluding hydrogens is 292 g/mol. The van der Waals surface area contributed by atoms with E-state index in [9.17, 15) is 9.59 Å². The van der Waals surface area contributed by atoms with Crippen LogP contribution >= 0.6 is 11.8 Å². The van der Waals surface area contributed by atoms with Gasteiger partial charge in [0.2, 0.25) is 0 Å². The van der Waals surface area contributed by atoms with Crippen molar-refractivity contribution in [1.82, 2.24) is 4.57 Å². The second-order valence-corrected chi connectivity index (χ2v) is 7.00. The molecule has 0 unspecified atom stereocenters. The van der Waals surface area contributed by atoms with E-state index in [1.807, 2.05) is 12.1 Å². The molecule has 0 bridgehead atoms. The molecule has 21 heavy (non-hydrogen) atoms. The molecule has 1 atom stereocenters. The zero-order valence-corrected chi connectivity index (χ0v) is 12.7. The van der Waals surface area contributed by atoms with Crippen molar-refractivity contribution in [3.63, 3.8) is 0 Å². The number of benzene rings is 1. The number of thioether (sulfide) groups is 1. The van der Waals surface area contributed by atoms with E-state index in [-0.39, 0.29) is 0 Å². The quantitative estimate of drug-likeness (QED) is 0.839. The number of fused-ring (bicyclic) bond motifs is 1. The summed E-state index contributed by atoms with van der Waals surface area (Å²) in [7, 11) is 0. The predicted octanol–water partition coefficient (Wildman–Crippen LogP) is 1.52. The molecule has 0 aliphatic carbocycles. The highest BCUT2D eigenvalue weighted by Crippen LogP contribution is 2.27. The first-order chi connectivity index (χ1) is 9.83. The first-order valence-corrected chi connectivity index (χ1v) is 7.52. The van der Waals surface area contributed by atoms with Crippen LogP contribution in [-0.4, -0.2) is 32.2 Å². The normalized spacial score (nSPS) is 13.5. The number of hydrogen-bond acceptors (Lipinski definition) is 5. The Bertz CT molecular complexity index is 704. The number of carboxylic acid groups (broad SMARTS) is 1. The molecule has 0 fully saturated rings. The van der Waals surface area contributed by atoms with Crippen molar-refractivity contribution in [2.75, 3.05) is 5.75 Å². The summed E-state index contributed by atoms with van der Waals surface area (Å²) in [6.07, 6.45) is 0. The molecule has 0 amide bonds. The molecule has 1 aromatic heterocycles. The highest BCUT2D eigenvalue weighted by Gasteiger charge is 2.32. The Labute approximate surface area is 125 Å². The van der Waals surface area contributed by atoms with Crippen LogP contribution in [0.2, 0.25) is 0 Å². The van der Waals surface area contributed by atoms with E-state index < -0.39 is 22.5 Å². The molecule has 1 aromatic carbocycles. The summed E-state index contributed by atoms with van der Waals surface area (Å²) in [5, 5.41) is 8.98. The van der Waals surface area contributed by atoms with E-state index in [0.717, 1.165) is 5.52 Å². The van der Waals surface area contributed by atoms with Gasteiger partial charge >= 0.3 is 11.7 Å². The Morgan fingerprint density at radius 3 is 2.81 bits per heavy atom. The van der Waals surface area contributed by atoms with Gasteiger partial charge in [0.1, 0.15) is 6.04 Å². The summed E-state index contributed by atoms with van der Waals surface area (Å²) < 4.78 is 6.08. The number of hydrogen-bond donors (Lipinski definition) is 2. The highest BCUT2D eigenvalue weighted by atomic mass is 32.2. The van der Waals surface area contributed by atoms with Crippen LogP contribution in [0.1, 0.15) is 13.8 Å². The van der Waals surface area contributed by atoms with E-state index in [0.29, 0.717) is 17.9 Å². The molecule has 0 aliphatic rings. The van der Waals surface area contributed by atoms with Crippen molar-refractivity contribution in [2.24, 2.45) is 5.73 Å². The van der Waals surface area contributed by atoms with Gasteiger partial charge in [-0.05, 0) is 26.0 Å². The van der Waals surface area contributed by atoms with Crippen LogP contribution in [0.4, 0.5) is 0 Å². The second-order valence-electron chi connectivity index (χ2n) is 5.26. The molecule has 0 saturated heterocycles. The number of rotatable bonds is 6. The average Bonchev–Trinajstić information content (AvgIpc) is 2.74. The lowest BCUT2D eigenvalue weighted by molar-refractivity contribution is -0.139. The molecule has 2 aromatic rings. The molecular formula is C14H18N2O4S. The molecule has 0 spiro atoms. The topological polar surface area (TPSA) is 98.5 Å². The van der Waals surface area contributed by atoms with Crippen LogP contribution in [-0.2, 0) is 11.3 Å². The number of nitrogens with two attached hydrogens (primary N) is 1. The molecule has 6 nitrogen and oxygen atoms in total. The number of carboxylic acids is 1. The maximum absolute atomic E-state index is 11.8. The Balaban J connectivity index is 2.08. The van der Waals surface area contributed by atoms with Gasteiger partial charge in [0.15, 0.2) is 5.58 Å². The summed E-state index contributed by atoms with van der Waals surface area (Å²) in [6, 6.07) is 6.24. The maximum Gasteiger partial charge on any atom is 0.419 e. The minimum atomic E-state index is -1.03. The number of oxazole rings is 1. The summed E-state index contributed by atoms with van der Waals surface area (Å²) in [4.78, 5) is 22.8. The van der Waals surface area contributed by atoms with Crippen molar-refractivity contribution < 1.29 is 14.3 Å². The monoisotopic (exact) mass is 310 g/mol. The molecule has 1 heterocycles. The molecule has 2 rings (SSSR count). The van der Waals surface area contributed by atoms with Crippen molar-refractivity contribution in [1.29, 1.82) is 0 Å². The van der Waals surface area contributed by atoms with Gasteiger partial charge in [-0.15, -0.1) is 0 Å². The van der Waals surface area contributed by atoms with Crippen molar-refractivity contribution in [3.05, 3.63) is 34.8 Å². The van der Waals surface area contributed by atoms with Gasteiger partial charge in [0, 0.05) is 17.0 Å². The SMILES string of the molecule is CC(C)(SCCn1c(=O)oc2ccccc21)[C@H](N)C(=O)O. The first-order valence-electron chi connectivity index (χ1n) is 6.53. The number of carbonyl (C=O) groups is 1. The molecule has 7 heteroatoms. The average molecular weight is 310 g/mol. The van der Waals surface area contributed by atoms with Crippen LogP contribution in [0.25, 0.3) is 11.1 Å². The number of aromatic nitrogens is 1. The van der Waals surface area contributed by atoms with E-state index >= 15 is 0 Å². The van der Waals surface area contributed by atoms with Gasteiger partial charge in [0.05, 0.1) is 5.52 Å². The second kappa shape index (κ2) is 5.95. The molecule has 3 N–H and O–H groups in total. The van der Waals surface area contributed by atoms with Gasteiger partial charge in [-0.2, -0.15) is 11.8 Å². The van der Waals surface area contributed by atoms with E-state index in [4.69, 9.17) is 15.3 Å². The van der Waals surface area contributed by atoms with Crippen molar-refractivity contribution >= 4 is 28.8 Å². The summed E-state index contributed by atoms with van der Waals surface area (Å²) in [5.41, 5.74) is 6.96. The number of aryl methyl sites for hydroxylation is 1. The van der Waals surface area contributed by atoms with Gasteiger partial charge < -0.3 is 15.3 Å². The summed E-state index contributed by atoms with van der Waals surface area (Å²) >= 11 is 1.42. The maximum atomic E-state index is 11.8. The van der Waals surface area contributed by atoms with Crippen LogP contribution in [0.15, 0.2) is 33.5 Å². The number of nitrogens with zero attached hydrogens (tertiary/aromatic N) is 1. The Morgan fingerprint density at radius 2 is 2.14 bits per heavy atom. The Kier molecular flexibility index (Phi) is 4.43. The Morgan fingerprint density at radius 1 is 1.48 bits per heavy atom. The highest BCUT2D eigenvalue weighted by molar-refractivity contribution is 8.00. The summed E-state index contributed by atoms with van der Waals surface area (Å²) in [6.45, 7) is 4.01. The standard InChI is InChI=1S/C14H18N2O4S/c1-14(2,11(15)12(17)18)21-8-7-16-9-5-3-4-6-10(9)20-13(16)19/h3-6,11H,7-8,15H2,1-2H3,(H,17,18)/t11-/m1/s1. The lowest BCUT2D eigenvalue weighted by Crippen LogP contribution is -2.47. The third kappa shape index (κ3) is 3.30. The van der Waals surface area contributed by atoms with Gasteiger partial charge in [-0.1, -0.05) is 12.1 Å². The van der Waals surface area contributed by atoms with Crippen LogP contribution in [0.3, 0.4) is 0 Å². The van der Waals surface area contributed by atoms with Crippen LogP contribution in [0.5, 0.6) is 0 Å². The molecule has 0 aliphatic heterocycles.